The molecule has 0 aliphatic heterocycles. The van der Waals surface area contributed by atoms with E-state index in [0.29, 0.717) is 13.1 Å². The second-order valence-corrected chi connectivity index (χ2v) is 3.24. The predicted octanol–water partition coefficient (Wildman–Crippen LogP) is 2.63. The monoisotopic (exact) mass is 212 g/mol. The Balaban J connectivity index is 1.83. The van der Waals surface area contributed by atoms with E-state index in [0.717, 1.165) is 11.4 Å². The zero-order valence-electron chi connectivity index (χ0n) is 8.82. The third kappa shape index (κ3) is 3.24. The first kappa shape index (κ1) is 10.4. The van der Waals surface area contributed by atoms with Gasteiger partial charge in [0.15, 0.2) is 0 Å². The Morgan fingerprint density at radius 1 is 0.750 bits per heavy atom. The molecule has 80 valence electrons. The summed E-state index contributed by atoms with van der Waals surface area (Å²) in [6, 6.07) is 11.5. The molecule has 0 aliphatic carbocycles. The topological polar surface area (TPSA) is 50.5 Å². The first-order chi connectivity index (χ1) is 7.95. The summed E-state index contributed by atoms with van der Waals surface area (Å²) in [5, 5.41) is 8.12. The zero-order chi connectivity index (χ0) is 11.1. The van der Waals surface area contributed by atoms with E-state index < -0.39 is 0 Å². The van der Waals surface area contributed by atoms with Crippen molar-refractivity contribution in [1.29, 1.82) is 0 Å². The van der Waals surface area contributed by atoms with Gasteiger partial charge in [0.05, 0.1) is 11.4 Å². The summed E-state index contributed by atoms with van der Waals surface area (Å²) in [5.74, 6) is 0. The molecule has 2 rings (SSSR count). The SMILES string of the molecule is c1ccc(C/N=N\Cc2ccccn2)nc1. The van der Waals surface area contributed by atoms with Gasteiger partial charge in [-0.15, -0.1) is 0 Å². The van der Waals surface area contributed by atoms with Crippen molar-refractivity contribution in [1.82, 2.24) is 9.97 Å². The molecule has 0 aliphatic rings. The van der Waals surface area contributed by atoms with Gasteiger partial charge in [-0.2, -0.15) is 10.2 Å². The Morgan fingerprint density at radius 2 is 1.25 bits per heavy atom. The third-order valence-electron chi connectivity index (χ3n) is 2.02. The minimum atomic E-state index is 0.522. The van der Waals surface area contributed by atoms with E-state index in [1.165, 1.54) is 0 Å². The largest absolute Gasteiger partial charge is 0.259 e. The van der Waals surface area contributed by atoms with Crippen molar-refractivity contribution in [3.63, 3.8) is 0 Å². The van der Waals surface area contributed by atoms with Crippen molar-refractivity contribution in [2.75, 3.05) is 0 Å². The normalized spacial score (nSPS) is 10.8. The fourth-order valence-corrected chi connectivity index (χ4v) is 1.23. The lowest BCUT2D eigenvalue weighted by molar-refractivity contribution is 0.817. The van der Waals surface area contributed by atoms with Crippen LogP contribution in [-0.2, 0) is 13.1 Å². The molecule has 4 nitrogen and oxygen atoms in total. The van der Waals surface area contributed by atoms with E-state index in [-0.39, 0.29) is 0 Å². The number of pyridine rings is 2. The van der Waals surface area contributed by atoms with E-state index in [1.54, 1.807) is 12.4 Å². The van der Waals surface area contributed by atoms with Gasteiger partial charge in [-0.05, 0) is 24.3 Å². The lowest BCUT2D eigenvalue weighted by Crippen LogP contribution is -1.86. The molecule has 0 radical (unpaired) electrons. The lowest BCUT2D eigenvalue weighted by atomic mass is 10.3. The molecular formula is C12H12N4. The van der Waals surface area contributed by atoms with Gasteiger partial charge in [-0.1, -0.05) is 12.1 Å². The molecule has 0 atom stereocenters. The zero-order valence-corrected chi connectivity index (χ0v) is 8.82. The van der Waals surface area contributed by atoms with Gasteiger partial charge in [0.1, 0.15) is 13.1 Å². The number of hydrogen-bond acceptors (Lipinski definition) is 4. The summed E-state index contributed by atoms with van der Waals surface area (Å²) in [6.45, 7) is 1.04. The molecule has 2 aromatic rings. The Hall–Kier alpha value is -2.10. The fourth-order valence-electron chi connectivity index (χ4n) is 1.23. The van der Waals surface area contributed by atoms with E-state index >= 15 is 0 Å². The highest BCUT2D eigenvalue weighted by atomic mass is 15.1. The first-order valence-electron chi connectivity index (χ1n) is 5.08. The summed E-state index contributed by atoms with van der Waals surface area (Å²) in [6.07, 6.45) is 3.51. The predicted molar refractivity (Wildman–Crippen MR) is 60.7 cm³/mol. The number of aromatic nitrogens is 2. The highest BCUT2D eigenvalue weighted by Crippen LogP contribution is 1.99. The first-order valence-corrected chi connectivity index (χ1v) is 5.08. The van der Waals surface area contributed by atoms with Gasteiger partial charge in [0, 0.05) is 12.4 Å². The van der Waals surface area contributed by atoms with Crippen LogP contribution in [0.4, 0.5) is 0 Å². The number of azo groups is 1. The summed E-state index contributed by atoms with van der Waals surface area (Å²) in [4.78, 5) is 8.31. The van der Waals surface area contributed by atoms with Crippen molar-refractivity contribution < 1.29 is 0 Å². The Morgan fingerprint density at radius 3 is 1.62 bits per heavy atom. The molecule has 0 aromatic carbocycles. The summed E-state index contributed by atoms with van der Waals surface area (Å²) < 4.78 is 0. The molecule has 4 heteroatoms. The maximum absolute atomic E-state index is 4.15. The van der Waals surface area contributed by atoms with Gasteiger partial charge in [-0.25, -0.2) is 0 Å². The van der Waals surface area contributed by atoms with Crippen molar-refractivity contribution in [3.8, 4) is 0 Å². The summed E-state index contributed by atoms with van der Waals surface area (Å²) >= 11 is 0. The molecule has 0 N–H and O–H groups in total. The highest BCUT2D eigenvalue weighted by molar-refractivity contribution is 5.04. The quantitative estimate of drug-likeness (QED) is 0.731. The van der Waals surface area contributed by atoms with Gasteiger partial charge in [0.25, 0.3) is 0 Å². The average Bonchev–Trinajstić information content (AvgIpc) is 2.37. The van der Waals surface area contributed by atoms with Crippen molar-refractivity contribution in [2.45, 2.75) is 13.1 Å². The molecule has 0 saturated heterocycles. The van der Waals surface area contributed by atoms with Crippen LogP contribution in [0.15, 0.2) is 59.0 Å². The van der Waals surface area contributed by atoms with Gasteiger partial charge < -0.3 is 0 Å². The van der Waals surface area contributed by atoms with E-state index in [9.17, 15) is 0 Å². The maximum Gasteiger partial charge on any atom is 0.102 e. The van der Waals surface area contributed by atoms with Crippen molar-refractivity contribution >= 4 is 0 Å². The van der Waals surface area contributed by atoms with Gasteiger partial charge in [0.2, 0.25) is 0 Å². The maximum atomic E-state index is 4.15. The standard InChI is InChI=1S/C12H12N4/c1-3-7-13-11(5-1)9-15-16-10-12-6-2-4-8-14-12/h1-8H,9-10H2/b16-15-. The second kappa shape index (κ2) is 5.70. The molecule has 0 fully saturated rings. The van der Waals surface area contributed by atoms with E-state index in [2.05, 4.69) is 20.2 Å². The molecule has 16 heavy (non-hydrogen) atoms. The van der Waals surface area contributed by atoms with Crippen molar-refractivity contribution in [2.24, 2.45) is 10.2 Å². The minimum Gasteiger partial charge on any atom is -0.259 e. The van der Waals surface area contributed by atoms with Gasteiger partial charge >= 0.3 is 0 Å². The smallest absolute Gasteiger partial charge is 0.102 e. The Kier molecular flexibility index (Phi) is 3.71. The van der Waals surface area contributed by atoms with Crippen LogP contribution in [0.3, 0.4) is 0 Å². The average molecular weight is 212 g/mol. The molecular weight excluding hydrogens is 200 g/mol. The third-order valence-corrected chi connectivity index (χ3v) is 2.02. The van der Waals surface area contributed by atoms with Crippen LogP contribution in [0.1, 0.15) is 11.4 Å². The second-order valence-electron chi connectivity index (χ2n) is 3.24. The molecule has 0 bridgehead atoms. The molecule has 2 heterocycles. The molecule has 2 aromatic heterocycles. The van der Waals surface area contributed by atoms with Crippen LogP contribution in [0.25, 0.3) is 0 Å². The van der Waals surface area contributed by atoms with Crippen LogP contribution in [0, 0.1) is 0 Å². The van der Waals surface area contributed by atoms with Crippen LogP contribution in [0.5, 0.6) is 0 Å². The highest BCUT2D eigenvalue weighted by Gasteiger charge is 1.91. The van der Waals surface area contributed by atoms with Crippen molar-refractivity contribution in [3.05, 3.63) is 60.2 Å². The Bertz CT molecular complexity index is 396. The van der Waals surface area contributed by atoms with Crippen LogP contribution in [-0.4, -0.2) is 9.97 Å². The van der Waals surface area contributed by atoms with Gasteiger partial charge in [-0.3, -0.25) is 9.97 Å². The fraction of sp³-hybridized carbons (Fsp3) is 0.167. The molecule has 0 amide bonds. The summed E-state index contributed by atoms with van der Waals surface area (Å²) in [5.41, 5.74) is 1.85. The summed E-state index contributed by atoms with van der Waals surface area (Å²) in [7, 11) is 0. The molecule has 0 spiro atoms. The lowest BCUT2D eigenvalue weighted by Gasteiger charge is -1.94. The molecule has 0 saturated carbocycles. The minimum absolute atomic E-state index is 0.522. The van der Waals surface area contributed by atoms with E-state index in [4.69, 9.17) is 0 Å². The van der Waals surface area contributed by atoms with E-state index in [1.807, 2.05) is 36.4 Å². The Labute approximate surface area is 94.1 Å². The van der Waals surface area contributed by atoms with Crippen LogP contribution in [0.2, 0.25) is 0 Å². The number of rotatable bonds is 4. The van der Waals surface area contributed by atoms with Crippen LogP contribution < -0.4 is 0 Å². The van der Waals surface area contributed by atoms with Crippen LogP contribution >= 0.6 is 0 Å². The number of hydrogen-bond donors (Lipinski definition) is 0. The number of nitrogens with zero attached hydrogens (tertiary/aromatic N) is 4. The molecule has 0 unspecified atom stereocenters.